The summed E-state index contributed by atoms with van der Waals surface area (Å²) in [5.41, 5.74) is 1.60. The predicted molar refractivity (Wildman–Crippen MR) is 94.7 cm³/mol. The number of carbonyl (C=O) groups excluding carboxylic acids is 1. The summed E-state index contributed by atoms with van der Waals surface area (Å²) in [7, 11) is 0. The fraction of sp³-hybridized carbons (Fsp3) is 0.579. The van der Waals surface area contributed by atoms with Crippen molar-refractivity contribution in [3.63, 3.8) is 0 Å². The Labute approximate surface area is 152 Å². The van der Waals surface area contributed by atoms with Crippen LogP contribution in [0.5, 0.6) is 0 Å². The van der Waals surface area contributed by atoms with Crippen molar-refractivity contribution in [2.75, 3.05) is 18.4 Å². The molecule has 1 N–H and O–H groups in total. The molecule has 26 heavy (non-hydrogen) atoms. The predicted octanol–water partition coefficient (Wildman–Crippen LogP) is 2.31. The Hall–Kier alpha value is -2.44. The molecule has 1 saturated carbocycles. The van der Waals surface area contributed by atoms with Gasteiger partial charge in [-0.2, -0.15) is 0 Å². The van der Waals surface area contributed by atoms with E-state index in [4.69, 9.17) is 4.52 Å². The summed E-state index contributed by atoms with van der Waals surface area (Å²) in [4.78, 5) is 23.5. The van der Waals surface area contributed by atoms with Crippen LogP contribution in [0, 0.1) is 11.8 Å². The van der Waals surface area contributed by atoms with Crippen molar-refractivity contribution in [1.29, 1.82) is 0 Å². The third-order valence-electron chi connectivity index (χ3n) is 6.19. The van der Waals surface area contributed by atoms with Crippen molar-refractivity contribution in [3.8, 4) is 0 Å². The van der Waals surface area contributed by atoms with Crippen molar-refractivity contribution in [2.45, 2.75) is 44.6 Å². The van der Waals surface area contributed by atoms with E-state index in [1.54, 1.807) is 18.6 Å². The number of nitrogens with zero attached hydrogens (tertiary/aromatic N) is 4. The number of aryl methyl sites for hydroxylation is 1. The molecule has 0 bridgehead atoms. The molecule has 2 aliphatic carbocycles. The standard InChI is InChI=1S/C19H23N5O2/c25-19(18-13-3-1-2-4-16(13)26-23-18)24-10-12-5-6-15(14(12)11-24)22-17-9-20-7-8-21-17/h7-9,12,14-15H,1-6,10-11H2,(H,21,22)/t12-,14+,15-/m1/s1. The molecule has 3 heterocycles. The monoisotopic (exact) mass is 353 g/mol. The molecule has 0 aromatic carbocycles. The van der Waals surface area contributed by atoms with Crippen LogP contribution in [-0.4, -0.2) is 45.1 Å². The first-order valence-electron chi connectivity index (χ1n) is 9.59. The second-order valence-corrected chi connectivity index (χ2v) is 7.69. The molecule has 1 aliphatic heterocycles. The summed E-state index contributed by atoms with van der Waals surface area (Å²) >= 11 is 0. The summed E-state index contributed by atoms with van der Waals surface area (Å²) in [6, 6.07) is 0.348. The van der Waals surface area contributed by atoms with E-state index in [0.717, 1.165) is 68.8 Å². The first-order valence-corrected chi connectivity index (χ1v) is 9.59. The Morgan fingerprint density at radius 1 is 1.19 bits per heavy atom. The molecule has 7 heteroatoms. The number of carbonyl (C=O) groups is 1. The van der Waals surface area contributed by atoms with Crippen molar-refractivity contribution in [1.82, 2.24) is 20.0 Å². The third kappa shape index (κ3) is 2.66. The van der Waals surface area contributed by atoms with E-state index in [1.165, 1.54) is 0 Å². The van der Waals surface area contributed by atoms with Crippen LogP contribution in [0.3, 0.4) is 0 Å². The normalized spacial score (nSPS) is 27.2. The number of anilines is 1. The average molecular weight is 353 g/mol. The Morgan fingerprint density at radius 2 is 2.12 bits per heavy atom. The lowest BCUT2D eigenvalue weighted by Crippen LogP contribution is -2.34. The number of fused-ring (bicyclic) bond motifs is 2. The zero-order valence-corrected chi connectivity index (χ0v) is 14.7. The van der Waals surface area contributed by atoms with Gasteiger partial charge in [0.2, 0.25) is 0 Å². The molecule has 3 aliphatic rings. The molecule has 2 fully saturated rings. The summed E-state index contributed by atoms with van der Waals surface area (Å²) < 4.78 is 5.44. The van der Waals surface area contributed by atoms with E-state index in [1.807, 2.05) is 4.90 Å². The van der Waals surface area contributed by atoms with Crippen LogP contribution in [0.15, 0.2) is 23.1 Å². The molecule has 1 saturated heterocycles. The first-order chi connectivity index (χ1) is 12.8. The zero-order valence-electron chi connectivity index (χ0n) is 14.7. The van der Waals surface area contributed by atoms with Crippen LogP contribution >= 0.6 is 0 Å². The molecule has 2 aromatic heterocycles. The fourth-order valence-electron chi connectivity index (χ4n) is 4.88. The van der Waals surface area contributed by atoms with Gasteiger partial charge in [0.15, 0.2) is 5.69 Å². The number of hydrogen-bond donors (Lipinski definition) is 1. The molecule has 7 nitrogen and oxygen atoms in total. The maximum atomic E-state index is 13.0. The summed E-state index contributed by atoms with van der Waals surface area (Å²) in [6.07, 6.45) is 11.5. The summed E-state index contributed by atoms with van der Waals surface area (Å²) in [6.45, 7) is 1.60. The lowest BCUT2D eigenvalue weighted by atomic mass is 9.96. The Morgan fingerprint density at radius 3 is 3.00 bits per heavy atom. The van der Waals surface area contributed by atoms with Crippen LogP contribution in [0.1, 0.15) is 47.5 Å². The lowest BCUT2D eigenvalue weighted by Gasteiger charge is -2.22. The third-order valence-corrected chi connectivity index (χ3v) is 6.19. The quantitative estimate of drug-likeness (QED) is 0.911. The number of likely N-dealkylation sites (tertiary alicyclic amines) is 1. The maximum Gasteiger partial charge on any atom is 0.276 e. The molecule has 136 valence electrons. The van der Waals surface area contributed by atoms with Crippen molar-refractivity contribution >= 4 is 11.7 Å². The van der Waals surface area contributed by atoms with Gasteiger partial charge in [-0.1, -0.05) is 5.16 Å². The number of amides is 1. The van der Waals surface area contributed by atoms with Crippen molar-refractivity contribution in [2.24, 2.45) is 11.8 Å². The van der Waals surface area contributed by atoms with Crippen molar-refractivity contribution < 1.29 is 9.32 Å². The Kier molecular flexibility index (Phi) is 3.87. The molecule has 5 rings (SSSR count). The van der Waals surface area contributed by atoms with Crippen LogP contribution in [0.4, 0.5) is 5.82 Å². The van der Waals surface area contributed by atoms with Gasteiger partial charge in [0.05, 0.1) is 6.20 Å². The zero-order chi connectivity index (χ0) is 17.5. The molecule has 1 amide bonds. The Balaban J connectivity index is 1.30. The van der Waals surface area contributed by atoms with Gasteiger partial charge in [0.1, 0.15) is 11.6 Å². The molecule has 3 atom stereocenters. The molecule has 0 spiro atoms. The van der Waals surface area contributed by atoms with Gasteiger partial charge in [-0.05, 0) is 38.0 Å². The van der Waals surface area contributed by atoms with Gasteiger partial charge in [0.25, 0.3) is 5.91 Å². The smallest absolute Gasteiger partial charge is 0.276 e. The van der Waals surface area contributed by atoms with E-state index in [0.29, 0.717) is 23.6 Å². The number of hydrogen-bond acceptors (Lipinski definition) is 6. The molecule has 2 aromatic rings. The Bertz CT molecular complexity index is 806. The number of aromatic nitrogens is 3. The minimum atomic E-state index is 0.0459. The highest BCUT2D eigenvalue weighted by Crippen LogP contribution is 2.40. The van der Waals surface area contributed by atoms with Crippen LogP contribution < -0.4 is 5.32 Å². The van der Waals surface area contributed by atoms with Crippen LogP contribution in [0.2, 0.25) is 0 Å². The molecular formula is C19H23N5O2. The second kappa shape index (κ2) is 6.37. The topological polar surface area (TPSA) is 84.2 Å². The van der Waals surface area contributed by atoms with Gasteiger partial charge in [-0.25, -0.2) is 4.98 Å². The fourth-order valence-corrected chi connectivity index (χ4v) is 4.88. The largest absolute Gasteiger partial charge is 0.366 e. The van der Waals surface area contributed by atoms with E-state index in [2.05, 4.69) is 20.4 Å². The van der Waals surface area contributed by atoms with E-state index < -0.39 is 0 Å². The minimum Gasteiger partial charge on any atom is -0.366 e. The highest BCUT2D eigenvalue weighted by atomic mass is 16.5. The average Bonchev–Trinajstić information content (AvgIpc) is 3.37. The summed E-state index contributed by atoms with van der Waals surface area (Å²) in [5.74, 6) is 2.79. The van der Waals surface area contributed by atoms with Gasteiger partial charge >= 0.3 is 0 Å². The van der Waals surface area contributed by atoms with Crippen LogP contribution in [0.25, 0.3) is 0 Å². The summed E-state index contributed by atoms with van der Waals surface area (Å²) in [5, 5.41) is 7.63. The minimum absolute atomic E-state index is 0.0459. The van der Waals surface area contributed by atoms with Crippen LogP contribution in [-0.2, 0) is 12.8 Å². The SMILES string of the molecule is O=C(c1noc2c1CCCC2)N1C[C@H]2CC[C@@H](Nc3cnccn3)[C@H]2C1. The maximum absolute atomic E-state index is 13.0. The van der Waals surface area contributed by atoms with Crippen molar-refractivity contribution in [3.05, 3.63) is 35.6 Å². The molecule has 0 radical (unpaired) electrons. The van der Waals surface area contributed by atoms with Gasteiger partial charge in [-0.15, -0.1) is 0 Å². The van der Waals surface area contributed by atoms with E-state index >= 15 is 0 Å². The van der Waals surface area contributed by atoms with Gasteiger partial charge in [0, 0.05) is 49.4 Å². The number of nitrogens with one attached hydrogen (secondary N) is 1. The van der Waals surface area contributed by atoms with E-state index in [9.17, 15) is 4.79 Å². The number of rotatable bonds is 3. The van der Waals surface area contributed by atoms with E-state index in [-0.39, 0.29) is 5.91 Å². The lowest BCUT2D eigenvalue weighted by molar-refractivity contribution is 0.0768. The molecule has 0 unspecified atom stereocenters. The van der Waals surface area contributed by atoms with Gasteiger partial charge < -0.3 is 14.7 Å². The molecular weight excluding hydrogens is 330 g/mol. The first kappa shape index (κ1) is 15.8. The second-order valence-electron chi connectivity index (χ2n) is 7.69. The highest BCUT2D eigenvalue weighted by molar-refractivity contribution is 5.94. The highest BCUT2D eigenvalue weighted by Gasteiger charge is 2.45. The van der Waals surface area contributed by atoms with Gasteiger partial charge in [-0.3, -0.25) is 9.78 Å².